The van der Waals surface area contributed by atoms with E-state index < -0.39 is 10.8 Å². The molecule has 0 aromatic carbocycles. The Bertz CT molecular complexity index is 502. The molecule has 1 aliphatic rings. The smallest absolute Gasteiger partial charge is 0.315 e. The van der Waals surface area contributed by atoms with Gasteiger partial charge in [-0.25, -0.2) is 4.98 Å². The molecule has 7 heteroatoms. The number of carbonyl (C=O) groups excluding carboxylic acids is 1. The molecule has 2 unspecified atom stereocenters. The van der Waals surface area contributed by atoms with Gasteiger partial charge in [-0.05, 0) is 19.8 Å². The predicted molar refractivity (Wildman–Crippen MR) is 81.8 cm³/mol. The van der Waals surface area contributed by atoms with Gasteiger partial charge in [0.2, 0.25) is 0 Å². The van der Waals surface area contributed by atoms with Crippen molar-refractivity contribution in [1.82, 2.24) is 4.98 Å². The Balaban J connectivity index is 1.94. The summed E-state index contributed by atoms with van der Waals surface area (Å²) in [5.41, 5.74) is 0.868. The highest BCUT2D eigenvalue weighted by atomic mass is 32.2. The van der Waals surface area contributed by atoms with Crippen molar-refractivity contribution < 1.29 is 13.7 Å². The zero-order valence-corrected chi connectivity index (χ0v) is 13.4. The largest absolute Gasteiger partial charge is 0.465 e. The normalized spacial score (nSPS) is 18.6. The number of thiazole rings is 1. The minimum atomic E-state index is -0.764. The first kappa shape index (κ1) is 15.4. The van der Waals surface area contributed by atoms with E-state index in [2.05, 4.69) is 10.3 Å². The fourth-order valence-corrected chi connectivity index (χ4v) is 3.87. The van der Waals surface area contributed by atoms with Crippen LogP contribution in [0.3, 0.4) is 0 Å². The van der Waals surface area contributed by atoms with Crippen molar-refractivity contribution in [2.45, 2.75) is 32.6 Å². The summed E-state index contributed by atoms with van der Waals surface area (Å²) in [6.07, 6.45) is 1.69. The third-order valence-corrected chi connectivity index (χ3v) is 5.61. The summed E-state index contributed by atoms with van der Waals surface area (Å²) in [5, 5.41) is 4.01. The summed E-state index contributed by atoms with van der Waals surface area (Å²) in [4.78, 5) is 17.5. The number of aromatic nitrogens is 1. The number of esters is 1. The first-order valence-corrected chi connectivity index (χ1v) is 9.21. The van der Waals surface area contributed by atoms with E-state index in [1.807, 2.05) is 13.8 Å². The third kappa shape index (κ3) is 3.58. The molecule has 0 amide bonds. The number of aryl methyl sites for hydroxylation is 1. The van der Waals surface area contributed by atoms with E-state index in [0.717, 1.165) is 23.7 Å². The second-order valence-electron chi connectivity index (χ2n) is 4.53. The van der Waals surface area contributed by atoms with Gasteiger partial charge in [0.25, 0.3) is 0 Å². The lowest BCUT2D eigenvalue weighted by Gasteiger charge is -2.08. The summed E-state index contributed by atoms with van der Waals surface area (Å²) in [5.74, 6) is 0.931. The van der Waals surface area contributed by atoms with E-state index in [9.17, 15) is 9.00 Å². The number of rotatable bonds is 7. The molecule has 1 aromatic rings. The predicted octanol–water partition coefficient (Wildman–Crippen LogP) is 1.92. The Morgan fingerprint density at radius 2 is 2.35 bits per heavy atom. The lowest BCUT2D eigenvalue weighted by Crippen LogP contribution is -2.15. The molecule has 20 heavy (non-hydrogen) atoms. The van der Waals surface area contributed by atoms with Crippen molar-refractivity contribution in [3.05, 3.63) is 10.6 Å². The van der Waals surface area contributed by atoms with Gasteiger partial charge in [0.15, 0.2) is 5.13 Å². The van der Waals surface area contributed by atoms with Crippen LogP contribution >= 0.6 is 11.3 Å². The maximum Gasteiger partial charge on any atom is 0.315 e. The fourth-order valence-electron chi connectivity index (χ4n) is 2.19. The van der Waals surface area contributed by atoms with Gasteiger partial charge in [-0.15, -0.1) is 11.3 Å². The van der Waals surface area contributed by atoms with Gasteiger partial charge in [-0.1, -0.05) is 6.92 Å². The van der Waals surface area contributed by atoms with Gasteiger partial charge >= 0.3 is 5.97 Å². The van der Waals surface area contributed by atoms with E-state index in [1.54, 1.807) is 11.3 Å². The van der Waals surface area contributed by atoms with Crippen LogP contribution in [0.4, 0.5) is 5.13 Å². The highest BCUT2D eigenvalue weighted by Gasteiger charge is 2.33. The number of fused-ring (bicyclic) bond motifs is 1. The van der Waals surface area contributed by atoms with Crippen LogP contribution in [-0.2, 0) is 26.8 Å². The zero-order valence-electron chi connectivity index (χ0n) is 11.8. The quantitative estimate of drug-likeness (QED) is 0.778. The molecule has 0 bridgehead atoms. The van der Waals surface area contributed by atoms with Crippen LogP contribution in [-0.4, -0.2) is 39.8 Å². The second-order valence-corrected chi connectivity index (χ2v) is 7.48. The van der Waals surface area contributed by atoms with Crippen molar-refractivity contribution in [1.29, 1.82) is 0 Å². The van der Waals surface area contributed by atoms with Crippen molar-refractivity contribution in [2.24, 2.45) is 0 Å². The van der Waals surface area contributed by atoms with Gasteiger partial charge in [-0.3, -0.25) is 9.00 Å². The first-order chi connectivity index (χ1) is 9.65. The Morgan fingerprint density at radius 3 is 3.05 bits per heavy atom. The Hall–Kier alpha value is -0.950. The van der Waals surface area contributed by atoms with E-state index in [0.29, 0.717) is 24.7 Å². The third-order valence-electron chi connectivity index (χ3n) is 3.22. The molecule has 1 N–H and O–H groups in total. The minimum Gasteiger partial charge on any atom is -0.465 e. The van der Waals surface area contributed by atoms with Crippen LogP contribution in [0, 0.1) is 0 Å². The number of hydrogen-bond acceptors (Lipinski definition) is 6. The molecule has 0 saturated carbocycles. The Kier molecular flexibility index (Phi) is 5.54. The average molecular weight is 316 g/mol. The van der Waals surface area contributed by atoms with E-state index in [4.69, 9.17) is 4.74 Å². The van der Waals surface area contributed by atoms with E-state index >= 15 is 0 Å². The van der Waals surface area contributed by atoms with Crippen LogP contribution in [0.25, 0.3) is 0 Å². The standard InChI is InChI=1S/C13H20N2O3S2/c1-3-18-12(16)9-5-6-10-11(9)15-13(19-10)14-7-8-20(17)4-2/h9H,3-8H2,1-2H3,(H,14,15). The van der Waals surface area contributed by atoms with Crippen molar-refractivity contribution in [3.8, 4) is 0 Å². The summed E-state index contributed by atoms with van der Waals surface area (Å²) in [6.45, 7) is 4.79. The van der Waals surface area contributed by atoms with Crippen molar-refractivity contribution in [3.63, 3.8) is 0 Å². The number of ether oxygens (including phenoxy) is 1. The summed E-state index contributed by atoms with van der Waals surface area (Å²) < 4.78 is 16.4. The molecule has 0 saturated heterocycles. The number of anilines is 1. The van der Waals surface area contributed by atoms with Gasteiger partial charge in [0.1, 0.15) is 5.92 Å². The van der Waals surface area contributed by atoms with Crippen molar-refractivity contribution >= 4 is 33.2 Å². The maximum atomic E-state index is 11.8. The molecule has 2 rings (SSSR count). The lowest BCUT2D eigenvalue weighted by molar-refractivity contribution is -0.145. The Labute approximate surface area is 125 Å². The fraction of sp³-hybridized carbons (Fsp3) is 0.692. The molecule has 0 aliphatic heterocycles. The van der Waals surface area contributed by atoms with Gasteiger partial charge < -0.3 is 10.1 Å². The molecule has 1 aliphatic carbocycles. The molecule has 1 aromatic heterocycles. The van der Waals surface area contributed by atoms with E-state index in [-0.39, 0.29) is 11.9 Å². The summed E-state index contributed by atoms with van der Waals surface area (Å²) in [7, 11) is -0.764. The Morgan fingerprint density at radius 1 is 1.55 bits per heavy atom. The highest BCUT2D eigenvalue weighted by Crippen LogP contribution is 2.38. The molecule has 5 nitrogen and oxygen atoms in total. The van der Waals surface area contributed by atoms with Crippen molar-refractivity contribution in [2.75, 3.05) is 30.0 Å². The van der Waals surface area contributed by atoms with Crippen LogP contribution in [0.15, 0.2) is 0 Å². The number of hydrogen-bond donors (Lipinski definition) is 1. The molecule has 1 heterocycles. The zero-order chi connectivity index (χ0) is 14.5. The molecular formula is C13H20N2O3S2. The van der Waals surface area contributed by atoms with Gasteiger partial charge in [-0.2, -0.15) is 0 Å². The number of carbonyl (C=O) groups is 1. The average Bonchev–Trinajstić information content (AvgIpc) is 2.98. The van der Waals surface area contributed by atoms with Crippen LogP contribution in [0.1, 0.15) is 36.8 Å². The van der Waals surface area contributed by atoms with E-state index in [1.165, 1.54) is 4.88 Å². The lowest BCUT2D eigenvalue weighted by atomic mass is 10.1. The van der Waals surface area contributed by atoms with Crippen LogP contribution < -0.4 is 5.32 Å². The number of nitrogens with zero attached hydrogens (tertiary/aromatic N) is 1. The second kappa shape index (κ2) is 7.17. The summed E-state index contributed by atoms with van der Waals surface area (Å²) in [6, 6.07) is 0. The molecular weight excluding hydrogens is 296 g/mol. The highest BCUT2D eigenvalue weighted by molar-refractivity contribution is 7.84. The van der Waals surface area contributed by atoms with Crippen LogP contribution in [0.5, 0.6) is 0 Å². The molecule has 0 radical (unpaired) electrons. The maximum absolute atomic E-state index is 11.8. The number of nitrogens with one attached hydrogen (secondary N) is 1. The first-order valence-electron chi connectivity index (χ1n) is 6.90. The monoisotopic (exact) mass is 316 g/mol. The molecule has 0 fully saturated rings. The topological polar surface area (TPSA) is 68.3 Å². The minimum absolute atomic E-state index is 0.171. The SMILES string of the molecule is CCOC(=O)C1CCc2sc(NCCS(=O)CC)nc21. The van der Waals surface area contributed by atoms with Crippen LogP contribution in [0.2, 0.25) is 0 Å². The molecule has 2 atom stereocenters. The van der Waals surface area contributed by atoms with Gasteiger partial charge in [0.05, 0.1) is 12.3 Å². The molecule has 0 spiro atoms. The van der Waals surface area contributed by atoms with Gasteiger partial charge in [0, 0.05) is 33.7 Å². The molecule has 112 valence electrons. The summed E-state index contributed by atoms with van der Waals surface area (Å²) >= 11 is 1.59.